The Hall–Kier alpha value is -2.92. The van der Waals surface area contributed by atoms with Crippen LogP contribution in [0.4, 0.5) is 5.82 Å². The number of rotatable bonds is 6. The van der Waals surface area contributed by atoms with Crippen molar-refractivity contribution in [1.29, 1.82) is 0 Å². The molecule has 0 aliphatic rings. The lowest BCUT2D eigenvalue weighted by atomic mass is 10.2. The number of hydrogen-bond acceptors (Lipinski definition) is 4. The van der Waals surface area contributed by atoms with Gasteiger partial charge in [-0.25, -0.2) is 15.0 Å². The van der Waals surface area contributed by atoms with Crippen molar-refractivity contribution in [2.24, 2.45) is 0 Å². The zero-order valence-electron chi connectivity index (χ0n) is 14.1. The highest BCUT2D eigenvalue weighted by Crippen LogP contribution is 2.25. The van der Waals surface area contributed by atoms with Gasteiger partial charge in [0.25, 0.3) is 0 Å². The molecule has 0 bridgehead atoms. The van der Waals surface area contributed by atoms with E-state index >= 15 is 0 Å². The molecule has 0 radical (unpaired) electrons. The van der Waals surface area contributed by atoms with Crippen LogP contribution in [-0.2, 0) is 6.54 Å². The molecule has 0 aliphatic carbocycles. The molecule has 4 aromatic rings. The third-order valence-electron chi connectivity index (χ3n) is 4.15. The van der Waals surface area contributed by atoms with E-state index in [9.17, 15) is 0 Å². The van der Waals surface area contributed by atoms with Gasteiger partial charge < -0.3 is 9.88 Å². The summed E-state index contributed by atoms with van der Waals surface area (Å²) < 4.78 is 2.07. The molecular weight excluding hydrogens is 346 g/mol. The Morgan fingerprint density at radius 1 is 1.00 bits per heavy atom. The summed E-state index contributed by atoms with van der Waals surface area (Å²) in [6.07, 6.45) is 6.58. The minimum Gasteiger partial charge on any atom is -0.369 e. The molecule has 1 N–H and O–H groups in total. The Balaban J connectivity index is 1.58. The molecule has 0 saturated heterocycles. The van der Waals surface area contributed by atoms with Gasteiger partial charge >= 0.3 is 0 Å². The van der Waals surface area contributed by atoms with E-state index in [0.717, 1.165) is 41.8 Å². The van der Waals surface area contributed by atoms with Crippen LogP contribution in [0.2, 0.25) is 5.02 Å². The van der Waals surface area contributed by atoms with Gasteiger partial charge in [0.05, 0.1) is 11.8 Å². The van der Waals surface area contributed by atoms with E-state index < -0.39 is 0 Å². The first-order chi connectivity index (χ1) is 12.8. The standard InChI is InChI=1S/C20H18ClN5/c21-16-8-6-15(7-9-16)19-24-18-5-2-1-4-17(18)20(25-19)23-10-3-12-26-13-11-22-14-26/h1-2,4-9,11,13-14H,3,10,12H2,(H,23,24,25). The fourth-order valence-electron chi connectivity index (χ4n) is 2.83. The number of imidazole rings is 1. The molecule has 0 fully saturated rings. The molecule has 130 valence electrons. The van der Waals surface area contributed by atoms with Gasteiger partial charge in [0.1, 0.15) is 5.82 Å². The van der Waals surface area contributed by atoms with Crippen LogP contribution in [0.15, 0.2) is 67.3 Å². The van der Waals surface area contributed by atoms with Crippen LogP contribution in [0.5, 0.6) is 0 Å². The first kappa shape index (κ1) is 16.5. The van der Waals surface area contributed by atoms with Gasteiger partial charge in [-0.3, -0.25) is 0 Å². The molecule has 2 heterocycles. The summed E-state index contributed by atoms with van der Waals surface area (Å²) in [7, 11) is 0. The molecule has 26 heavy (non-hydrogen) atoms. The average molecular weight is 364 g/mol. The zero-order valence-corrected chi connectivity index (χ0v) is 14.9. The highest BCUT2D eigenvalue weighted by atomic mass is 35.5. The second-order valence-electron chi connectivity index (χ2n) is 6.00. The number of aryl methyl sites for hydroxylation is 1. The van der Waals surface area contributed by atoms with Crippen molar-refractivity contribution in [2.75, 3.05) is 11.9 Å². The summed E-state index contributed by atoms with van der Waals surface area (Å²) in [6.45, 7) is 1.74. The monoisotopic (exact) mass is 363 g/mol. The maximum atomic E-state index is 5.99. The Kier molecular flexibility index (Phi) is 4.80. The first-order valence-electron chi connectivity index (χ1n) is 8.52. The summed E-state index contributed by atoms with van der Waals surface area (Å²) in [5, 5.41) is 5.18. The van der Waals surface area contributed by atoms with Crippen LogP contribution in [0.25, 0.3) is 22.3 Å². The SMILES string of the molecule is Clc1ccc(-c2nc(NCCCn3ccnc3)c3ccccc3n2)cc1. The lowest BCUT2D eigenvalue weighted by molar-refractivity contribution is 0.660. The summed E-state index contributed by atoms with van der Waals surface area (Å²) in [5.74, 6) is 1.55. The molecule has 0 atom stereocenters. The lowest BCUT2D eigenvalue weighted by Gasteiger charge is -2.11. The number of para-hydroxylation sites is 1. The summed E-state index contributed by atoms with van der Waals surface area (Å²) in [6, 6.07) is 15.6. The lowest BCUT2D eigenvalue weighted by Crippen LogP contribution is -2.08. The maximum Gasteiger partial charge on any atom is 0.162 e. The van der Waals surface area contributed by atoms with Crippen molar-refractivity contribution in [3.05, 3.63) is 72.3 Å². The zero-order chi connectivity index (χ0) is 17.8. The number of benzene rings is 2. The van der Waals surface area contributed by atoms with Crippen molar-refractivity contribution in [3.8, 4) is 11.4 Å². The molecule has 5 nitrogen and oxygen atoms in total. The van der Waals surface area contributed by atoms with Crippen LogP contribution < -0.4 is 5.32 Å². The van der Waals surface area contributed by atoms with E-state index in [1.54, 1.807) is 6.20 Å². The van der Waals surface area contributed by atoms with Crippen LogP contribution >= 0.6 is 11.6 Å². The summed E-state index contributed by atoms with van der Waals surface area (Å²) >= 11 is 5.99. The predicted molar refractivity (Wildman–Crippen MR) is 105 cm³/mol. The van der Waals surface area contributed by atoms with Crippen molar-refractivity contribution in [1.82, 2.24) is 19.5 Å². The second kappa shape index (κ2) is 7.54. The summed E-state index contributed by atoms with van der Waals surface area (Å²) in [4.78, 5) is 13.5. The Bertz CT molecular complexity index is 997. The van der Waals surface area contributed by atoms with Crippen LogP contribution in [0.1, 0.15) is 6.42 Å². The van der Waals surface area contributed by atoms with E-state index in [2.05, 4.69) is 14.9 Å². The molecule has 6 heteroatoms. The van der Waals surface area contributed by atoms with Crippen molar-refractivity contribution in [2.45, 2.75) is 13.0 Å². The van der Waals surface area contributed by atoms with Crippen LogP contribution in [0, 0.1) is 0 Å². The maximum absolute atomic E-state index is 5.99. The molecule has 2 aromatic heterocycles. The quantitative estimate of drug-likeness (QED) is 0.507. The number of fused-ring (bicyclic) bond motifs is 1. The van der Waals surface area contributed by atoms with Gasteiger partial charge in [-0.15, -0.1) is 0 Å². The number of hydrogen-bond donors (Lipinski definition) is 1. The average Bonchev–Trinajstić information content (AvgIpc) is 3.19. The van der Waals surface area contributed by atoms with Crippen molar-refractivity contribution < 1.29 is 0 Å². The number of anilines is 1. The molecule has 2 aromatic carbocycles. The van der Waals surface area contributed by atoms with Crippen molar-refractivity contribution >= 4 is 28.3 Å². The topological polar surface area (TPSA) is 55.6 Å². The smallest absolute Gasteiger partial charge is 0.162 e. The minimum atomic E-state index is 0.692. The predicted octanol–water partition coefficient (Wildman–Crippen LogP) is 4.65. The van der Waals surface area contributed by atoms with Gasteiger partial charge in [0.15, 0.2) is 5.82 Å². The Labute approximate surface area is 156 Å². The highest BCUT2D eigenvalue weighted by molar-refractivity contribution is 6.30. The number of aromatic nitrogens is 4. The Morgan fingerprint density at radius 2 is 1.85 bits per heavy atom. The molecule has 0 saturated carbocycles. The number of halogens is 1. The Morgan fingerprint density at radius 3 is 2.65 bits per heavy atom. The molecule has 0 amide bonds. The third kappa shape index (κ3) is 3.68. The van der Waals surface area contributed by atoms with E-state index in [4.69, 9.17) is 21.6 Å². The van der Waals surface area contributed by atoms with E-state index in [-0.39, 0.29) is 0 Å². The van der Waals surface area contributed by atoms with E-state index in [0.29, 0.717) is 10.8 Å². The molecule has 4 rings (SSSR count). The molecule has 0 aliphatic heterocycles. The van der Waals surface area contributed by atoms with E-state index in [1.807, 2.05) is 61.1 Å². The number of nitrogens with zero attached hydrogens (tertiary/aromatic N) is 4. The normalized spacial score (nSPS) is 11.0. The fourth-order valence-corrected chi connectivity index (χ4v) is 2.95. The summed E-state index contributed by atoms with van der Waals surface area (Å²) in [5.41, 5.74) is 1.87. The third-order valence-corrected chi connectivity index (χ3v) is 4.40. The van der Waals surface area contributed by atoms with E-state index in [1.165, 1.54) is 0 Å². The van der Waals surface area contributed by atoms with Crippen LogP contribution in [-0.4, -0.2) is 26.1 Å². The van der Waals surface area contributed by atoms with Gasteiger partial charge in [0.2, 0.25) is 0 Å². The van der Waals surface area contributed by atoms with Gasteiger partial charge in [-0.2, -0.15) is 0 Å². The number of nitrogens with one attached hydrogen (secondary N) is 1. The largest absolute Gasteiger partial charge is 0.369 e. The second-order valence-corrected chi connectivity index (χ2v) is 6.44. The molecular formula is C20H18ClN5. The molecule has 0 unspecified atom stereocenters. The van der Waals surface area contributed by atoms with Gasteiger partial charge in [-0.1, -0.05) is 23.7 Å². The van der Waals surface area contributed by atoms with Gasteiger partial charge in [0, 0.05) is 41.5 Å². The highest BCUT2D eigenvalue weighted by Gasteiger charge is 2.09. The minimum absolute atomic E-state index is 0.692. The van der Waals surface area contributed by atoms with Crippen molar-refractivity contribution in [3.63, 3.8) is 0 Å². The molecule has 0 spiro atoms. The van der Waals surface area contributed by atoms with Crippen LogP contribution in [0.3, 0.4) is 0 Å². The first-order valence-corrected chi connectivity index (χ1v) is 8.90. The van der Waals surface area contributed by atoms with Gasteiger partial charge in [-0.05, 0) is 42.8 Å². The fraction of sp³-hybridized carbons (Fsp3) is 0.150.